The van der Waals surface area contributed by atoms with Crippen molar-refractivity contribution >= 4 is 0 Å². The second-order valence-electron chi connectivity index (χ2n) is 2.60. The van der Waals surface area contributed by atoms with E-state index in [-0.39, 0.29) is 13.2 Å². The van der Waals surface area contributed by atoms with Crippen LogP contribution in [-0.4, -0.2) is 47.9 Å². The molecule has 0 saturated carbocycles. The molecule has 0 spiro atoms. The Balaban J connectivity index is -0.000000181. The second kappa shape index (κ2) is 19.6. The molecular weight excluding hydrogens is 208 g/mol. The highest BCUT2D eigenvalue weighted by Gasteiger charge is 1.79. The van der Waals surface area contributed by atoms with E-state index in [0.717, 1.165) is 14.2 Å². The van der Waals surface area contributed by atoms with Gasteiger partial charge in [-0.05, 0) is 13.8 Å². The first-order chi connectivity index (χ1) is 7.70. The van der Waals surface area contributed by atoms with Crippen LogP contribution in [0.3, 0.4) is 0 Å². The summed E-state index contributed by atoms with van der Waals surface area (Å²) in [6.45, 7) is 3.94. The third-order valence-electron chi connectivity index (χ3n) is 1.32. The highest BCUT2D eigenvalue weighted by atomic mass is 16.3. The van der Waals surface area contributed by atoms with Gasteiger partial charge in [0, 0.05) is 14.2 Å². The minimum Gasteiger partial charge on any atom is -0.400 e. The van der Waals surface area contributed by atoms with Gasteiger partial charge < -0.3 is 20.4 Å². The van der Waals surface area contributed by atoms with Crippen molar-refractivity contribution < 1.29 is 20.4 Å². The van der Waals surface area contributed by atoms with Crippen LogP contribution in [0.1, 0.15) is 11.1 Å². The summed E-state index contributed by atoms with van der Waals surface area (Å²) in [5.74, 6) is 0. The lowest BCUT2D eigenvalue weighted by molar-refractivity contribution is 0.186. The van der Waals surface area contributed by atoms with Crippen molar-refractivity contribution in [3.05, 3.63) is 35.4 Å². The van der Waals surface area contributed by atoms with Crippen molar-refractivity contribution in [2.75, 3.05) is 27.4 Å². The minimum atomic E-state index is -0.125. The molecule has 0 bridgehead atoms. The van der Waals surface area contributed by atoms with Crippen LogP contribution in [0.5, 0.6) is 0 Å². The van der Waals surface area contributed by atoms with E-state index < -0.39 is 0 Å². The van der Waals surface area contributed by atoms with Gasteiger partial charge in [0.2, 0.25) is 0 Å². The molecule has 4 heteroatoms. The maximum absolute atomic E-state index is 7.62. The zero-order valence-corrected chi connectivity index (χ0v) is 10.5. The summed E-state index contributed by atoms with van der Waals surface area (Å²) >= 11 is 0. The van der Waals surface area contributed by atoms with Gasteiger partial charge in [0.1, 0.15) is 0 Å². The number of rotatable bonds is 1. The van der Waals surface area contributed by atoms with Crippen LogP contribution in [0, 0.1) is 13.8 Å². The predicted molar refractivity (Wildman–Crippen MR) is 66.4 cm³/mol. The van der Waals surface area contributed by atoms with Gasteiger partial charge in [-0.2, -0.15) is 0 Å². The largest absolute Gasteiger partial charge is 0.400 e. The van der Waals surface area contributed by atoms with Crippen molar-refractivity contribution in [2.24, 2.45) is 0 Å². The van der Waals surface area contributed by atoms with Gasteiger partial charge in [-0.15, -0.1) is 0 Å². The van der Waals surface area contributed by atoms with E-state index in [4.69, 9.17) is 20.4 Å². The van der Waals surface area contributed by atoms with Crippen molar-refractivity contribution in [2.45, 2.75) is 13.8 Å². The summed E-state index contributed by atoms with van der Waals surface area (Å²) in [5, 5.41) is 29.2. The average molecular weight is 232 g/mol. The Morgan fingerprint density at radius 2 is 0.875 bits per heavy atom. The van der Waals surface area contributed by atoms with Crippen LogP contribution in [0.25, 0.3) is 0 Å². The third kappa shape index (κ3) is 18.8. The fourth-order valence-corrected chi connectivity index (χ4v) is 0.637. The monoisotopic (exact) mass is 232 g/mol. The van der Waals surface area contributed by atoms with Crippen molar-refractivity contribution in [3.8, 4) is 0 Å². The molecule has 0 aliphatic carbocycles. The fraction of sp³-hybridized carbons (Fsp3) is 0.500. The summed E-state index contributed by atoms with van der Waals surface area (Å²) in [4.78, 5) is 0. The van der Waals surface area contributed by atoms with Gasteiger partial charge >= 0.3 is 0 Å². The topological polar surface area (TPSA) is 80.9 Å². The van der Waals surface area contributed by atoms with Gasteiger partial charge in [-0.1, -0.05) is 35.4 Å². The zero-order chi connectivity index (χ0) is 13.4. The molecule has 0 aliphatic heterocycles. The van der Waals surface area contributed by atoms with Crippen LogP contribution in [0.4, 0.5) is 0 Å². The molecule has 0 saturated heterocycles. The molecule has 4 N–H and O–H groups in total. The first-order valence-corrected chi connectivity index (χ1v) is 4.85. The van der Waals surface area contributed by atoms with Crippen LogP contribution < -0.4 is 0 Å². The Kier molecular flexibility index (Phi) is 25.1. The Hall–Kier alpha value is -0.940. The van der Waals surface area contributed by atoms with Crippen LogP contribution in [0.2, 0.25) is 0 Å². The molecule has 0 heterocycles. The van der Waals surface area contributed by atoms with E-state index in [2.05, 4.69) is 38.1 Å². The molecular formula is C12H24O4. The molecule has 4 nitrogen and oxygen atoms in total. The summed E-state index contributed by atoms with van der Waals surface area (Å²) in [6, 6.07) is 8.48. The van der Waals surface area contributed by atoms with Gasteiger partial charge in [0.05, 0.1) is 13.2 Å². The Morgan fingerprint density at radius 3 is 1.00 bits per heavy atom. The lowest BCUT2D eigenvalue weighted by Gasteiger charge is -1.90. The molecule has 0 aromatic heterocycles. The normalized spacial score (nSPS) is 7.25. The molecule has 0 fully saturated rings. The van der Waals surface area contributed by atoms with Crippen molar-refractivity contribution in [3.63, 3.8) is 0 Å². The molecule has 0 unspecified atom stereocenters. The molecule has 0 aliphatic rings. The number of aliphatic hydroxyl groups excluding tert-OH is 4. The van der Waals surface area contributed by atoms with Crippen LogP contribution in [-0.2, 0) is 0 Å². The van der Waals surface area contributed by atoms with Crippen molar-refractivity contribution in [1.82, 2.24) is 0 Å². The lowest BCUT2D eigenvalue weighted by atomic mass is 10.2. The smallest absolute Gasteiger partial charge is 0.0662 e. The number of benzene rings is 1. The molecule has 16 heavy (non-hydrogen) atoms. The zero-order valence-electron chi connectivity index (χ0n) is 10.5. The Labute approximate surface area is 97.8 Å². The molecule has 0 radical (unpaired) electrons. The summed E-state index contributed by atoms with van der Waals surface area (Å²) < 4.78 is 0. The molecule has 0 amide bonds. The number of hydrogen-bond donors (Lipinski definition) is 4. The quantitative estimate of drug-likeness (QED) is 0.568. The van der Waals surface area contributed by atoms with E-state index in [1.54, 1.807) is 0 Å². The van der Waals surface area contributed by atoms with Gasteiger partial charge in [0.15, 0.2) is 0 Å². The van der Waals surface area contributed by atoms with Gasteiger partial charge in [0.25, 0.3) is 0 Å². The summed E-state index contributed by atoms with van der Waals surface area (Å²) in [6.07, 6.45) is 0. The first kappa shape index (κ1) is 20.5. The Morgan fingerprint density at radius 1 is 0.688 bits per heavy atom. The summed E-state index contributed by atoms with van der Waals surface area (Å²) in [5.41, 5.74) is 2.66. The maximum atomic E-state index is 7.62. The predicted octanol–water partition coefficient (Wildman–Crippen LogP) is 0.491. The van der Waals surface area contributed by atoms with E-state index in [0.29, 0.717) is 0 Å². The highest BCUT2D eigenvalue weighted by Crippen LogP contribution is 1.99. The molecule has 1 rings (SSSR count). The van der Waals surface area contributed by atoms with E-state index >= 15 is 0 Å². The van der Waals surface area contributed by atoms with Crippen molar-refractivity contribution in [1.29, 1.82) is 0 Å². The highest BCUT2D eigenvalue weighted by molar-refractivity contribution is 5.19. The van der Waals surface area contributed by atoms with Crippen LogP contribution in [0.15, 0.2) is 24.3 Å². The maximum Gasteiger partial charge on any atom is 0.0662 e. The fourth-order valence-electron chi connectivity index (χ4n) is 0.637. The molecule has 1 aromatic rings. The van der Waals surface area contributed by atoms with E-state index in [1.165, 1.54) is 11.1 Å². The second-order valence-corrected chi connectivity index (χ2v) is 2.60. The molecule has 96 valence electrons. The average Bonchev–Trinajstić information content (AvgIpc) is 2.38. The number of hydrogen-bond acceptors (Lipinski definition) is 4. The van der Waals surface area contributed by atoms with Crippen LogP contribution >= 0.6 is 0 Å². The number of aliphatic hydroxyl groups is 4. The minimum absolute atomic E-state index is 0.125. The Bertz CT molecular complexity index is 174. The SMILES string of the molecule is CO.CO.Cc1ccc(C)cc1.OCCO. The standard InChI is InChI=1S/C8H10.C2H6O2.2CH4O/c1-7-3-5-8(2)6-4-7;3-1-2-4;2*1-2/h3-6H,1-2H3;3-4H,1-2H2;2*2H,1H3. The van der Waals surface area contributed by atoms with Gasteiger partial charge in [-0.3, -0.25) is 0 Å². The van der Waals surface area contributed by atoms with E-state index in [9.17, 15) is 0 Å². The first-order valence-electron chi connectivity index (χ1n) is 4.85. The molecule has 0 atom stereocenters. The van der Waals surface area contributed by atoms with Gasteiger partial charge in [-0.25, -0.2) is 0 Å². The number of aryl methyl sites for hydroxylation is 2. The summed E-state index contributed by atoms with van der Waals surface area (Å²) in [7, 11) is 2.00. The third-order valence-corrected chi connectivity index (χ3v) is 1.32. The lowest BCUT2D eigenvalue weighted by Crippen LogP contribution is -1.85. The molecule has 1 aromatic carbocycles. The van der Waals surface area contributed by atoms with E-state index in [1.807, 2.05) is 0 Å².